The molecule has 0 radical (unpaired) electrons. The van der Waals surface area contributed by atoms with Crippen molar-refractivity contribution in [3.05, 3.63) is 63.7 Å². The van der Waals surface area contributed by atoms with Crippen LogP contribution in [0.2, 0.25) is 0 Å². The molecule has 156 valence electrons. The predicted octanol–water partition coefficient (Wildman–Crippen LogP) is 3.49. The second kappa shape index (κ2) is 7.24. The molecule has 2 N–H and O–H groups in total. The minimum absolute atomic E-state index is 0.0345. The number of pyridine rings is 2. The van der Waals surface area contributed by atoms with E-state index in [1.807, 2.05) is 13.8 Å². The molecule has 1 aliphatic heterocycles. The maximum atomic E-state index is 13.9. The van der Waals surface area contributed by atoms with Crippen molar-refractivity contribution in [3.8, 4) is 5.75 Å². The van der Waals surface area contributed by atoms with Gasteiger partial charge in [-0.1, -0.05) is 26.0 Å². The Hall–Kier alpha value is -3.20. The summed E-state index contributed by atoms with van der Waals surface area (Å²) in [5, 5.41) is 14.7. The molecule has 0 fully saturated rings. The van der Waals surface area contributed by atoms with Crippen LogP contribution in [0, 0.1) is 11.7 Å². The quantitative estimate of drug-likeness (QED) is 0.658. The van der Waals surface area contributed by atoms with Crippen LogP contribution in [0.3, 0.4) is 0 Å². The van der Waals surface area contributed by atoms with E-state index in [-0.39, 0.29) is 39.7 Å². The number of para-hydroxylation sites is 1. The van der Waals surface area contributed by atoms with Crippen molar-refractivity contribution in [2.45, 2.75) is 31.7 Å². The molecule has 4 rings (SSSR count). The van der Waals surface area contributed by atoms with Gasteiger partial charge in [-0.25, -0.2) is 17.8 Å². The molecule has 9 heteroatoms. The Balaban J connectivity index is 2.00. The monoisotopic (exact) mass is 429 g/mol. The number of aryl methyl sites for hydroxylation is 1. The van der Waals surface area contributed by atoms with Gasteiger partial charge < -0.3 is 10.4 Å². The predicted molar refractivity (Wildman–Crippen MR) is 112 cm³/mol. The number of hydrogen-bond acceptors (Lipinski definition) is 6. The third kappa shape index (κ3) is 3.35. The van der Waals surface area contributed by atoms with Gasteiger partial charge in [-0.05, 0) is 30.5 Å². The average molecular weight is 429 g/mol. The van der Waals surface area contributed by atoms with Gasteiger partial charge in [0.1, 0.15) is 22.8 Å². The maximum Gasteiger partial charge on any atom is 0.265 e. The summed E-state index contributed by atoms with van der Waals surface area (Å²) in [6.07, 6.45) is 1.62. The van der Waals surface area contributed by atoms with Crippen LogP contribution in [0.1, 0.15) is 25.8 Å². The molecule has 3 heterocycles. The molecule has 0 bridgehead atoms. The van der Waals surface area contributed by atoms with E-state index in [2.05, 4.69) is 10.3 Å². The van der Waals surface area contributed by atoms with Crippen LogP contribution >= 0.6 is 0 Å². The van der Waals surface area contributed by atoms with E-state index >= 15 is 0 Å². The Morgan fingerprint density at radius 1 is 1.27 bits per heavy atom. The molecular formula is C21H20FN3O4S. The molecule has 0 atom stereocenters. The van der Waals surface area contributed by atoms with E-state index in [0.717, 1.165) is 17.7 Å². The van der Waals surface area contributed by atoms with Crippen molar-refractivity contribution < 1.29 is 17.9 Å². The van der Waals surface area contributed by atoms with Gasteiger partial charge in [-0.3, -0.25) is 9.36 Å². The van der Waals surface area contributed by atoms with E-state index in [9.17, 15) is 22.7 Å². The molecule has 0 amide bonds. The summed E-state index contributed by atoms with van der Waals surface area (Å²) in [6.45, 7) is 4.28. The normalized spacial score (nSPS) is 15.0. The number of halogens is 1. The minimum Gasteiger partial charge on any atom is -0.506 e. The minimum atomic E-state index is -3.85. The molecule has 0 spiro atoms. The number of nitrogens with one attached hydrogen (secondary N) is 1. The van der Waals surface area contributed by atoms with Crippen LogP contribution in [0.5, 0.6) is 5.75 Å². The number of benzene rings is 1. The molecule has 2 aromatic heterocycles. The Morgan fingerprint density at radius 3 is 2.73 bits per heavy atom. The largest absolute Gasteiger partial charge is 0.506 e. The second-order valence-electron chi connectivity index (χ2n) is 7.59. The number of anilines is 1. The highest BCUT2D eigenvalue weighted by molar-refractivity contribution is 7.94. The lowest BCUT2D eigenvalue weighted by atomic mass is 10.1. The van der Waals surface area contributed by atoms with E-state index in [1.54, 1.807) is 18.2 Å². The first-order valence-corrected chi connectivity index (χ1v) is 11.0. The summed E-state index contributed by atoms with van der Waals surface area (Å²) < 4.78 is 40.7. The highest BCUT2D eigenvalue weighted by Crippen LogP contribution is 2.36. The summed E-state index contributed by atoms with van der Waals surface area (Å²) in [7, 11) is -3.85. The van der Waals surface area contributed by atoms with Gasteiger partial charge in [-0.2, -0.15) is 0 Å². The van der Waals surface area contributed by atoms with Crippen molar-refractivity contribution >= 4 is 32.3 Å². The van der Waals surface area contributed by atoms with Crippen LogP contribution in [-0.2, 0) is 16.4 Å². The molecule has 0 saturated heterocycles. The number of aromatic nitrogens is 2. The van der Waals surface area contributed by atoms with Crippen LogP contribution < -0.4 is 10.9 Å². The van der Waals surface area contributed by atoms with Gasteiger partial charge in [0.05, 0.1) is 33.3 Å². The van der Waals surface area contributed by atoms with E-state index < -0.39 is 27.0 Å². The van der Waals surface area contributed by atoms with Crippen molar-refractivity contribution in [2.75, 3.05) is 5.32 Å². The van der Waals surface area contributed by atoms with Gasteiger partial charge >= 0.3 is 0 Å². The SMILES string of the molecule is CC(C)CCn1c(=O)c(C2=CS(=O)(=O)c3ccccc3N2)c(O)c2cc(F)cnc21. The summed E-state index contributed by atoms with van der Waals surface area (Å²) in [5.74, 6) is -0.915. The Bertz CT molecular complexity index is 1360. The molecule has 1 aliphatic rings. The molecule has 0 saturated carbocycles. The molecule has 3 aromatic rings. The third-order valence-corrected chi connectivity index (χ3v) is 6.49. The number of hydrogen-bond donors (Lipinski definition) is 2. The van der Waals surface area contributed by atoms with Gasteiger partial charge in [0.25, 0.3) is 5.56 Å². The average Bonchev–Trinajstić information content (AvgIpc) is 2.67. The summed E-state index contributed by atoms with van der Waals surface area (Å²) in [6, 6.07) is 7.35. The summed E-state index contributed by atoms with van der Waals surface area (Å²) >= 11 is 0. The fraction of sp³-hybridized carbons (Fsp3) is 0.238. The summed E-state index contributed by atoms with van der Waals surface area (Å²) in [4.78, 5) is 17.4. The molecular weight excluding hydrogens is 409 g/mol. The van der Waals surface area contributed by atoms with Gasteiger partial charge in [-0.15, -0.1) is 0 Å². The molecule has 0 aliphatic carbocycles. The Kier molecular flexibility index (Phi) is 4.85. The van der Waals surface area contributed by atoms with Crippen LogP contribution in [0.15, 0.2) is 51.6 Å². The van der Waals surface area contributed by atoms with E-state index in [1.165, 1.54) is 10.6 Å². The molecule has 1 aromatic carbocycles. The molecule has 0 unspecified atom stereocenters. The second-order valence-corrected chi connectivity index (χ2v) is 9.35. The number of nitrogens with zero attached hydrogens (tertiary/aromatic N) is 2. The highest BCUT2D eigenvalue weighted by atomic mass is 32.2. The topological polar surface area (TPSA) is 101 Å². The zero-order valence-corrected chi connectivity index (χ0v) is 17.2. The maximum absolute atomic E-state index is 13.9. The fourth-order valence-electron chi connectivity index (χ4n) is 3.46. The van der Waals surface area contributed by atoms with Gasteiger partial charge in [0, 0.05) is 6.54 Å². The van der Waals surface area contributed by atoms with Gasteiger partial charge in [0.2, 0.25) is 9.84 Å². The fourth-order valence-corrected chi connectivity index (χ4v) is 4.77. The van der Waals surface area contributed by atoms with Crippen molar-refractivity contribution in [2.24, 2.45) is 5.92 Å². The smallest absolute Gasteiger partial charge is 0.265 e. The van der Waals surface area contributed by atoms with Crippen LogP contribution in [-0.4, -0.2) is 23.1 Å². The molecule has 7 nitrogen and oxygen atoms in total. The van der Waals surface area contributed by atoms with Crippen molar-refractivity contribution in [1.82, 2.24) is 9.55 Å². The van der Waals surface area contributed by atoms with E-state index in [4.69, 9.17) is 0 Å². The number of aromatic hydroxyl groups is 1. The number of rotatable bonds is 4. The zero-order valence-electron chi connectivity index (χ0n) is 16.4. The van der Waals surface area contributed by atoms with Crippen LogP contribution in [0.4, 0.5) is 10.1 Å². The lowest BCUT2D eigenvalue weighted by Crippen LogP contribution is -2.27. The first-order valence-electron chi connectivity index (χ1n) is 9.43. The van der Waals surface area contributed by atoms with Crippen molar-refractivity contribution in [1.29, 1.82) is 0 Å². The lowest BCUT2D eigenvalue weighted by Gasteiger charge is -2.21. The first-order chi connectivity index (χ1) is 14.2. The third-order valence-electron chi connectivity index (χ3n) is 4.98. The standard InChI is InChI=1S/C21H20FN3O4S/c1-12(2)7-8-25-20-14(9-13(22)10-23-20)19(26)18(21(25)27)16-11-30(28,29)17-6-4-3-5-15(17)24-16/h3-6,9-12,24,26H,7-8H2,1-2H3. The van der Waals surface area contributed by atoms with Crippen LogP contribution in [0.25, 0.3) is 16.7 Å². The number of sulfone groups is 1. The Morgan fingerprint density at radius 2 is 2.00 bits per heavy atom. The van der Waals surface area contributed by atoms with Gasteiger partial charge in [0.15, 0.2) is 0 Å². The summed E-state index contributed by atoms with van der Waals surface area (Å²) in [5.41, 5.74) is -0.478. The number of fused-ring (bicyclic) bond motifs is 2. The lowest BCUT2D eigenvalue weighted by molar-refractivity contribution is 0.471. The molecule has 30 heavy (non-hydrogen) atoms. The first kappa shape index (κ1) is 20.1. The van der Waals surface area contributed by atoms with E-state index in [0.29, 0.717) is 12.1 Å². The van der Waals surface area contributed by atoms with Crippen molar-refractivity contribution in [3.63, 3.8) is 0 Å². The Labute approximate surface area is 172 Å². The zero-order chi connectivity index (χ0) is 21.6. The highest BCUT2D eigenvalue weighted by Gasteiger charge is 2.28.